The molecule has 0 bridgehead atoms. The quantitative estimate of drug-likeness (QED) is 0.615. The summed E-state index contributed by atoms with van der Waals surface area (Å²) < 4.78 is 11.0. The topological polar surface area (TPSA) is 59.0 Å². The minimum Gasteiger partial charge on any atom is -0.488 e. The van der Waals surface area contributed by atoms with Gasteiger partial charge in [-0.1, -0.05) is 44.2 Å². The zero-order chi connectivity index (χ0) is 21.5. The maximum Gasteiger partial charge on any atom is 0.341 e. The third-order valence-corrected chi connectivity index (χ3v) is 5.77. The van der Waals surface area contributed by atoms with Crippen LogP contribution in [0.25, 0.3) is 0 Å². The van der Waals surface area contributed by atoms with Gasteiger partial charge in [-0.05, 0) is 67.6 Å². The van der Waals surface area contributed by atoms with Crippen LogP contribution < -0.4 is 4.74 Å². The van der Waals surface area contributed by atoms with Crippen LogP contribution in [0.15, 0.2) is 42.5 Å². The number of nitrogens with zero attached hydrogens (tertiary/aromatic N) is 1. The Morgan fingerprint density at radius 1 is 1.13 bits per heavy atom. The van der Waals surface area contributed by atoms with Crippen LogP contribution in [-0.2, 0) is 17.8 Å². The summed E-state index contributed by atoms with van der Waals surface area (Å²) in [6.45, 7) is 6.63. The zero-order valence-electron chi connectivity index (χ0n) is 18.3. The SMILES string of the molecule is CCCN(CCC)C1CCc2cc(OCc3ccccc3)c(C(=O)OC)cc2C1O. The normalized spacial score (nSPS) is 18.2. The van der Waals surface area contributed by atoms with E-state index >= 15 is 0 Å². The Kier molecular flexibility index (Phi) is 7.88. The number of rotatable bonds is 9. The number of methoxy groups -OCH3 is 1. The van der Waals surface area contributed by atoms with Gasteiger partial charge in [0.2, 0.25) is 0 Å². The number of ether oxygens (including phenoxy) is 2. The molecule has 0 fully saturated rings. The monoisotopic (exact) mass is 411 g/mol. The smallest absolute Gasteiger partial charge is 0.341 e. The molecule has 2 aromatic carbocycles. The summed E-state index contributed by atoms with van der Waals surface area (Å²) >= 11 is 0. The molecule has 0 amide bonds. The second-order valence-electron chi connectivity index (χ2n) is 7.90. The standard InChI is InChI=1S/C25H33NO4/c1-4-13-26(14-5-2)22-12-11-19-15-23(30-17-18-9-7-6-8-10-18)21(25(28)29-3)16-20(19)24(22)27/h6-10,15-16,22,24,27H,4-5,11-14,17H2,1-3H3. The molecule has 1 N–H and O–H groups in total. The number of hydrogen-bond acceptors (Lipinski definition) is 5. The van der Waals surface area contributed by atoms with Gasteiger partial charge in [-0.2, -0.15) is 0 Å². The molecule has 2 aromatic rings. The molecule has 1 aliphatic carbocycles. The van der Waals surface area contributed by atoms with Crippen LogP contribution in [0.1, 0.15) is 66.3 Å². The third kappa shape index (κ3) is 5.02. The fraction of sp³-hybridized carbons (Fsp3) is 0.480. The summed E-state index contributed by atoms with van der Waals surface area (Å²) in [4.78, 5) is 14.8. The van der Waals surface area contributed by atoms with E-state index in [1.54, 1.807) is 6.07 Å². The maximum absolute atomic E-state index is 12.5. The molecule has 0 spiro atoms. The maximum atomic E-state index is 12.5. The van der Waals surface area contributed by atoms with Crippen molar-refractivity contribution in [2.75, 3.05) is 20.2 Å². The summed E-state index contributed by atoms with van der Waals surface area (Å²) in [5, 5.41) is 11.2. The molecule has 0 heterocycles. The van der Waals surface area contributed by atoms with Crippen LogP contribution in [0.5, 0.6) is 5.75 Å². The van der Waals surface area contributed by atoms with E-state index in [0.29, 0.717) is 17.9 Å². The van der Waals surface area contributed by atoms with Crippen molar-refractivity contribution in [3.8, 4) is 5.75 Å². The Bertz CT molecular complexity index is 831. The molecule has 3 rings (SSSR count). The van der Waals surface area contributed by atoms with Gasteiger partial charge in [0.1, 0.15) is 17.9 Å². The Morgan fingerprint density at radius 3 is 2.47 bits per heavy atom. The van der Waals surface area contributed by atoms with Crippen LogP contribution >= 0.6 is 0 Å². The van der Waals surface area contributed by atoms with E-state index in [1.165, 1.54) is 7.11 Å². The van der Waals surface area contributed by atoms with Crippen molar-refractivity contribution < 1.29 is 19.4 Å². The largest absolute Gasteiger partial charge is 0.488 e. The fourth-order valence-corrected chi connectivity index (χ4v) is 4.32. The molecule has 5 nitrogen and oxygen atoms in total. The molecule has 5 heteroatoms. The molecular weight excluding hydrogens is 378 g/mol. The molecular formula is C25H33NO4. The Balaban J connectivity index is 1.89. The van der Waals surface area contributed by atoms with Crippen molar-refractivity contribution in [1.29, 1.82) is 0 Å². The summed E-state index contributed by atoms with van der Waals surface area (Å²) in [6.07, 6.45) is 3.22. The van der Waals surface area contributed by atoms with Crippen LogP contribution in [0.4, 0.5) is 0 Å². The van der Waals surface area contributed by atoms with E-state index in [2.05, 4.69) is 18.7 Å². The number of carbonyl (C=O) groups is 1. The van der Waals surface area contributed by atoms with Crippen LogP contribution in [0, 0.1) is 0 Å². The van der Waals surface area contributed by atoms with Crippen LogP contribution in [-0.4, -0.2) is 42.2 Å². The molecule has 0 saturated carbocycles. The fourth-order valence-electron chi connectivity index (χ4n) is 4.32. The minimum absolute atomic E-state index is 0.0685. The first-order chi connectivity index (χ1) is 14.6. The van der Waals surface area contributed by atoms with Crippen molar-refractivity contribution in [2.24, 2.45) is 0 Å². The Hall–Kier alpha value is -2.37. The third-order valence-electron chi connectivity index (χ3n) is 5.77. The van der Waals surface area contributed by atoms with E-state index in [1.807, 2.05) is 36.4 Å². The highest BCUT2D eigenvalue weighted by atomic mass is 16.5. The van der Waals surface area contributed by atoms with Gasteiger partial charge in [0.15, 0.2) is 0 Å². The van der Waals surface area contributed by atoms with Gasteiger partial charge >= 0.3 is 5.97 Å². The highest BCUT2D eigenvalue weighted by molar-refractivity contribution is 5.93. The highest BCUT2D eigenvalue weighted by Crippen LogP contribution is 2.37. The first-order valence-corrected chi connectivity index (χ1v) is 10.9. The van der Waals surface area contributed by atoms with Gasteiger partial charge in [0.25, 0.3) is 0 Å². The number of aryl methyl sites for hydroxylation is 1. The average Bonchev–Trinajstić information content (AvgIpc) is 2.77. The first-order valence-electron chi connectivity index (χ1n) is 10.9. The van der Waals surface area contributed by atoms with E-state index in [0.717, 1.165) is 55.5 Å². The zero-order valence-corrected chi connectivity index (χ0v) is 18.3. The summed E-state index contributed by atoms with van der Waals surface area (Å²) in [7, 11) is 1.37. The molecule has 162 valence electrons. The lowest BCUT2D eigenvalue weighted by molar-refractivity contribution is 0.0355. The number of esters is 1. The van der Waals surface area contributed by atoms with E-state index in [9.17, 15) is 9.90 Å². The van der Waals surface area contributed by atoms with E-state index < -0.39 is 12.1 Å². The molecule has 2 unspecified atom stereocenters. The second-order valence-corrected chi connectivity index (χ2v) is 7.90. The lowest BCUT2D eigenvalue weighted by Crippen LogP contribution is -2.43. The second kappa shape index (κ2) is 10.6. The lowest BCUT2D eigenvalue weighted by Gasteiger charge is -2.39. The van der Waals surface area contributed by atoms with Gasteiger partial charge < -0.3 is 14.6 Å². The van der Waals surface area contributed by atoms with Gasteiger partial charge in [-0.15, -0.1) is 0 Å². The van der Waals surface area contributed by atoms with Gasteiger partial charge in [0.05, 0.1) is 13.2 Å². The van der Waals surface area contributed by atoms with E-state index in [-0.39, 0.29) is 6.04 Å². The van der Waals surface area contributed by atoms with Crippen LogP contribution in [0.2, 0.25) is 0 Å². The minimum atomic E-state index is -0.626. The van der Waals surface area contributed by atoms with Crippen LogP contribution in [0.3, 0.4) is 0 Å². The molecule has 30 heavy (non-hydrogen) atoms. The molecule has 0 radical (unpaired) electrons. The highest BCUT2D eigenvalue weighted by Gasteiger charge is 2.33. The van der Waals surface area contributed by atoms with Gasteiger partial charge in [-0.3, -0.25) is 4.90 Å². The number of fused-ring (bicyclic) bond motifs is 1. The number of hydrogen-bond donors (Lipinski definition) is 1. The lowest BCUT2D eigenvalue weighted by atomic mass is 9.83. The predicted molar refractivity (Wildman–Crippen MR) is 118 cm³/mol. The Morgan fingerprint density at radius 2 is 1.83 bits per heavy atom. The van der Waals surface area contributed by atoms with Crippen molar-refractivity contribution in [1.82, 2.24) is 4.90 Å². The number of carbonyl (C=O) groups excluding carboxylic acids is 1. The van der Waals surface area contributed by atoms with Crippen molar-refractivity contribution in [2.45, 2.75) is 58.3 Å². The average molecular weight is 412 g/mol. The number of aliphatic hydroxyl groups excluding tert-OH is 1. The summed E-state index contributed by atoms with van der Waals surface area (Å²) in [6, 6.07) is 13.6. The summed E-state index contributed by atoms with van der Waals surface area (Å²) in [5.41, 5.74) is 3.25. The van der Waals surface area contributed by atoms with Crippen molar-refractivity contribution >= 4 is 5.97 Å². The van der Waals surface area contributed by atoms with Crippen molar-refractivity contribution in [3.63, 3.8) is 0 Å². The van der Waals surface area contributed by atoms with Crippen molar-refractivity contribution in [3.05, 3.63) is 64.7 Å². The number of aliphatic hydroxyl groups is 1. The molecule has 0 saturated heterocycles. The van der Waals surface area contributed by atoms with E-state index in [4.69, 9.17) is 9.47 Å². The summed E-state index contributed by atoms with van der Waals surface area (Å²) in [5.74, 6) is 0.0585. The predicted octanol–water partition coefficient (Wildman–Crippen LogP) is 4.52. The number of benzene rings is 2. The molecule has 0 aromatic heterocycles. The molecule has 0 aliphatic heterocycles. The van der Waals surface area contributed by atoms with Gasteiger partial charge in [0, 0.05) is 6.04 Å². The molecule has 2 atom stereocenters. The van der Waals surface area contributed by atoms with Gasteiger partial charge in [-0.25, -0.2) is 4.79 Å². The molecule has 1 aliphatic rings. The Labute approximate surface area is 179 Å². The first kappa shape index (κ1) is 22.3.